The third kappa shape index (κ3) is 3.86. The molecule has 23 heavy (non-hydrogen) atoms. The van der Waals surface area contributed by atoms with Crippen molar-refractivity contribution >= 4 is 23.3 Å². The summed E-state index contributed by atoms with van der Waals surface area (Å²) in [5, 5.41) is 5.35. The molecule has 1 saturated heterocycles. The minimum atomic E-state index is -0.423. The van der Waals surface area contributed by atoms with E-state index >= 15 is 0 Å². The van der Waals surface area contributed by atoms with Crippen LogP contribution in [0.2, 0.25) is 0 Å². The highest BCUT2D eigenvalue weighted by Crippen LogP contribution is 2.37. The number of carbonyl (C=O) groups excluding carboxylic acids is 2. The number of hydrogen-bond acceptors (Lipinski definition) is 3. The van der Waals surface area contributed by atoms with E-state index in [1.807, 2.05) is 6.07 Å². The van der Waals surface area contributed by atoms with E-state index in [0.29, 0.717) is 19.0 Å². The molecule has 1 aliphatic heterocycles. The number of amides is 3. The maximum absolute atomic E-state index is 12.7. The van der Waals surface area contributed by atoms with Gasteiger partial charge in [-0.25, -0.2) is 4.79 Å². The van der Waals surface area contributed by atoms with Gasteiger partial charge < -0.3 is 16.0 Å². The number of rotatable bonds is 4. The van der Waals surface area contributed by atoms with Gasteiger partial charge in [0.15, 0.2) is 0 Å². The molecule has 1 saturated carbocycles. The van der Waals surface area contributed by atoms with Crippen molar-refractivity contribution in [1.29, 1.82) is 0 Å². The van der Waals surface area contributed by atoms with Crippen LogP contribution in [0.3, 0.4) is 0 Å². The Morgan fingerprint density at radius 1 is 1.26 bits per heavy atom. The van der Waals surface area contributed by atoms with Crippen molar-refractivity contribution in [2.75, 3.05) is 13.1 Å². The second-order valence-corrected chi connectivity index (χ2v) is 7.65. The molecule has 0 radical (unpaired) electrons. The van der Waals surface area contributed by atoms with Crippen LogP contribution >= 0.6 is 11.3 Å². The minimum Gasteiger partial charge on any atom is -0.351 e. The number of nitrogens with zero attached hydrogens (tertiary/aromatic N) is 1. The predicted molar refractivity (Wildman–Crippen MR) is 91.0 cm³/mol. The lowest BCUT2D eigenvalue weighted by atomic mass is 9.93. The van der Waals surface area contributed by atoms with Crippen LogP contribution in [0.4, 0.5) is 4.79 Å². The summed E-state index contributed by atoms with van der Waals surface area (Å²) in [5.74, 6) is 0.467. The third-order valence-corrected chi connectivity index (χ3v) is 6.08. The zero-order valence-corrected chi connectivity index (χ0v) is 14.2. The zero-order valence-electron chi connectivity index (χ0n) is 13.4. The number of nitrogens with two attached hydrogens (primary N) is 1. The molecule has 5 nitrogen and oxygen atoms in total. The van der Waals surface area contributed by atoms with Gasteiger partial charge in [-0.15, -0.1) is 11.3 Å². The molecule has 1 aromatic rings. The molecule has 2 aliphatic rings. The first kappa shape index (κ1) is 16.3. The van der Waals surface area contributed by atoms with Crippen molar-refractivity contribution in [3.8, 4) is 0 Å². The Morgan fingerprint density at radius 3 is 2.70 bits per heavy atom. The lowest BCUT2D eigenvalue weighted by Crippen LogP contribution is -2.48. The monoisotopic (exact) mass is 335 g/mol. The SMILES string of the molecule is NC(=O)N1CCC[C@@H](C(=O)N[C@@H](c2cccs2)C2CCCC2)C1. The Kier molecular flexibility index (Phi) is 5.20. The average Bonchev–Trinajstić information content (AvgIpc) is 3.26. The summed E-state index contributed by atoms with van der Waals surface area (Å²) in [6.07, 6.45) is 6.54. The lowest BCUT2D eigenvalue weighted by Gasteiger charge is -2.32. The number of likely N-dealkylation sites (tertiary alicyclic amines) is 1. The topological polar surface area (TPSA) is 75.4 Å². The quantitative estimate of drug-likeness (QED) is 0.888. The van der Waals surface area contributed by atoms with E-state index < -0.39 is 6.03 Å². The van der Waals surface area contributed by atoms with Gasteiger partial charge in [-0.1, -0.05) is 18.9 Å². The van der Waals surface area contributed by atoms with Gasteiger partial charge in [0, 0.05) is 18.0 Å². The van der Waals surface area contributed by atoms with Gasteiger partial charge in [-0.05, 0) is 43.0 Å². The Balaban J connectivity index is 1.67. The molecule has 3 amide bonds. The maximum atomic E-state index is 12.7. The highest BCUT2D eigenvalue weighted by Gasteiger charge is 2.32. The van der Waals surface area contributed by atoms with Gasteiger partial charge in [-0.2, -0.15) is 0 Å². The van der Waals surface area contributed by atoms with E-state index in [2.05, 4.69) is 16.8 Å². The fourth-order valence-electron chi connectivity index (χ4n) is 3.84. The fourth-order valence-corrected chi connectivity index (χ4v) is 4.71. The van der Waals surface area contributed by atoms with Crippen LogP contribution in [0.25, 0.3) is 0 Å². The molecular weight excluding hydrogens is 310 g/mol. The first-order valence-electron chi connectivity index (χ1n) is 8.53. The largest absolute Gasteiger partial charge is 0.351 e. The first-order chi connectivity index (χ1) is 11.1. The van der Waals surface area contributed by atoms with Crippen LogP contribution in [-0.2, 0) is 4.79 Å². The fraction of sp³-hybridized carbons (Fsp3) is 0.647. The van der Waals surface area contributed by atoms with Crippen molar-refractivity contribution in [1.82, 2.24) is 10.2 Å². The van der Waals surface area contributed by atoms with E-state index in [1.54, 1.807) is 16.2 Å². The molecule has 2 fully saturated rings. The van der Waals surface area contributed by atoms with Crippen LogP contribution in [0.1, 0.15) is 49.4 Å². The van der Waals surface area contributed by atoms with Gasteiger partial charge in [0.05, 0.1) is 12.0 Å². The molecule has 2 atom stereocenters. The summed E-state index contributed by atoms with van der Waals surface area (Å²) in [4.78, 5) is 26.9. The van der Waals surface area contributed by atoms with Crippen molar-refractivity contribution < 1.29 is 9.59 Å². The summed E-state index contributed by atoms with van der Waals surface area (Å²) in [5.41, 5.74) is 5.36. The third-order valence-electron chi connectivity index (χ3n) is 5.12. The Morgan fingerprint density at radius 2 is 2.04 bits per heavy atom. The smallest absolute Gasteiger partial charge is 0.314 e. The van der Waals surface area contributed by atoms with Gasteiger partial charge in [0.25, 0.3) is 0 Å². The van der Waals surface area contributed by atoms with Crippen molar-refractivity contribution in [3.05, 3.63) is 22.4 Å². The van der Waals surface area contributed by atoms with E-state index in [1.165, 1.54) is 30.6 Å². The van der Waals surface area contributed by atoms with Crippen molar-refractivity contribution in [2.24, 2.45) is 17.6 Å². The number of nitrogens with one attached hydrogen (secondary N) is 1. The second-order valence-electron chi connectivity index (χ2n) is 6.67. The molecule has 1 aromatic heterocycles. The molecule has 0 unspecified atom stereocenters. The molecule has 3 rings (SSSR count). The highest BCUT2D eigenvalue weighted by molar-refractivity contribution is 7.10. The number of piperidine rings is 1. The van der Waals surface area contributed by atoms with Crippen molar-refractivity contribution in [3.63, 3.8) is 0 Å². The highest BCUT2D eigenvalue weighted by atomic mass is 32.1. The molecule has 6 heteroatoms. The summed E-state index contributed by atoms with van der Waals surface area (Å²) < 4.78 is 0. The van der Waals surface area contributed by atoms with Crippen LogP contribution in [0.5, 0.6) is 0 Å². The minimum absolute atomic E-state index is 0.0706. The average molecular weight is 335 g/mol. The van der Waals surface area contributed by atoms with E-state index in [9.17, 15) is 9.59 Å². The molecule has 1 aliphatic carbocycles. The van der Waals surface area contributed by atoms with E-state index in [-0.39, 0.29) is 17.9 Å². The summed E-state index contributed by atoms with van der Waals surface area (Å²) in [7, 11) is 0. The van der Waals surface area contributed by atoms with E-state index in [0.717, 1.165) is 12.8 Å². The first-order valence-corrected chi connectivity index (χ1v) is 9.41. The number of carbonyl (C=O) groups is 2. The number of primary amides is 1. The molecule has 0 bridgehead atoms. The molecule has 0 aromatic carbocycles. The Bertz CT molecular complexity index is 540. The normalized spacial score (nSPS) is 23.7. The second kappa shape index (κ2) is 7.34. The number of urea groups is 1. The molecule has 126 valence electrons. The molecule has 0 spiro atoms. The van der Waals surface area contributed by atoms with E-state index in [4.69, 9.17) is 5.73 Å². The number of thiophene rings is 1. The Labute approximate surface area is 141 Å². The van der Waals surface area contributed by atoms with Gasteiger partial charge in [0.1, 0.15) is 0 Å². The van der Waals surface area contributed by atoms with Crippen LogP contribution < -0.4 is 11.1 Å². The summed E-state index contributed by atoms with van der Waals surface area (Å²) in [6, 6.07) is 3.86. The predicted octanol–water partition coefficient (Wildman–Crippen LogP) is 2.89. The van der Waals surface area contributed by atoms with Gasteiger partial charge in [-0.3, -0.25) is 4.79 Å². The molecule has 3 N–H and O–H groups in total. The molecular formula is C17H25N3O2S. The van der Waals surface area contributed by atoms with Crippen LogP contribution in [-0.4, -0.2) is 29.9 Å². The Hall–Kier alpha value is -1.56. The number of hydrogen-bond donors (Lipinski definition) is 2. The zero-order chi connectivity index (χ0) is 16.2. The molecule has 2 heterocycles. The lowest BCUT2D eigenvalue weighted by molar-refractivity contribution is -0.127. The summed E-state index contributed by atoms with van der Waals surface area (Å²) in [6.45, 7) is 1.11. The standard InChI is InChI=1S/C17H25N3O2S/c18-17(22)20-9-3-7-13(11-20)16(21)19-15(12-5-1-2-6-12)14-8-4-10-23-14/h4,8,10,12-13,15H,1-3,5-7,9,11H2,(H2,18,22)(H,19,21)/t13-,15-/m1/s1. The summed E-state index contributed by atoms with van der Waals surface area (Å²) >= 11 is 1.71. The van der Waals surface area contributed by atoms with Crippen molar-refractivity contribution in [2.45, 2.75) is 44.6 Å². The van der Waals surface area contributed by atoms with Gasteiger partial charge >= 0.3 is 6.03 Å². The van der Waals surface area contributed by atoms with Crippen LogP contribution in [0.15, 0.2) is 17.5 Å². The maximum Gasteiger partial charge on any atom is 0.314 e. The van der Waals surface area contributed by atoms with Gasteiger partial charge in [0.2, 0.25) is 5.91 Å². The van der Waals surface area contributed by atoms with Crippen LogP contribution in [0, 0.1) is 11.8 Å².